The average Bonchev–Trinajstić information content (AvgIpc) is 2.77. The Morgan fingerprint density at radius 2 is 1.88 bits per heavy atom. The Morgan fingerprint density at radius 1 is 1.22 bits per heavy atom. The van der Waals surface area contributed by atoms with Gasteiger partial charge in [0, 0.05) is 31.2 Å². The van der Waals surface area contributed by atoms with Gasteiger partial charge in [-0.05, 0) is 44.2 Å². The zero-order valence-electron chi connectivity index (χ0n) is 18.1. The van der Waals surface area contributed by atoms with Crippen molar-refractivity contribution in [1.82, 2.24) is 10.2 Å². The van der Waals surface area contributed by atoms with Crippen LogP contribution in [-0.2, 0) is 19.6 Å². The fourth-order valence-corrected chi connectivity index (χ4v) is 5.23. The number of hydrogen-bond donors (Lipinski definition) is 1. The molecular formula is C22H27ClFN3O4S. The van der Waals surface area contributed by atoms with E-state index in [1.807, 2.05) is 6.92 Å². The zero-order chi connectivity index (χ0) is 23.3. The molecule has 1 amide bonds. The van der Waals surface area contributed by atoms with Crippen LogP contribution in [0.25, 0.3) is 0 Å². The number of carbonyl (C=O) groups is 1. The van der Waals surface area contributed by atoms with E-state index in [-0.39, 0.29) is 15.6 Å². The van der Waals surface area contributed by atoms with Crippen LogP contribution < -0.4 is 9.62 Å². The highest BCUT2D eigenvalue weighted by atomic mass is 35.5. The number of amides is 1. The van der Waals surface area contributed by atoms with Crippen LogP contribution >= 0.6 is 11.6 Å². The van der Waals surface area contributed by atoms with Gasteiger partial charge in [-0.15, -0.1) is 0 Å². The smallest absolute Gasteiger partial charge is 0.265 e. The third-order valence-electron chi connectivity index (χ3n) is 5.29. The first-order chi connectivity index (χ1) is 15.2. The summed E-state index contributed by atoms with van der Waals surface area (Å²) >= 11 is 6.03. The summed E-state index contributed by atoms with van der Waals surface area (Å²) in [7, 11) is -4.25. The molecule has 1 atom stereocenters. The lowest BCUT2D eigenvalue weighted by Crippen LogP contribution is -2.50. The van der Waals surface area contributed by atoms with Crippen LogP contribution in [0.2, 0.25) is 5.02 Å². The van der Waals surface area contributed by atoms with E-state index in [1.165, 1.54) is 31.2 Å². The molecule has 174 valence electrons. The number of anilines is 1. The van der Waals surface area contributed by atoms with Crippen LogP contribution in [0.3, 0.4) is 0 Å². The molecule has 10 heteroatoms. The number of aryl methyl sites for hydroxylation is 1. The number of hydrogen-bond acceptors (Lipinski definition) is 5. The van der Waals surface area contributed by atoms with E-state index >= 15 is 0 Å². The molecule has 2 aromatic carbocycles. The molecule has 1 aliphatic rings. The number of ether oxygens (including phenoxy) is 1. The molecule has 0 bridgehead atoms. The number of nitrogens with one attached hydrogen (secondary N) is 1. The zero-order valence-corrected chi connectivity index (χ0v) is 19.6. The quantitative estimate of drug-likeness (QED) is 0.624. The molecule has 0 radical (unpaired) electrons. The topological polar surface area (TPSA) is 79.0 Å². The van der Waals surface area contributed by atoms with Gasteiger partial charge in [-0.2, -0.15) is 0 Å². The predicted octanol–water partition coefficient (Wildman–Crippen LogP) is 2.82. The Balaban J connectivity index is 1.87. The SMILES string of the molecule is Cc1ccc(S(=O)(=O)N(c2cc(Cl)ccc2F)C(C)C(=O)NCCN2CCOCC2)cc1. The van der Waals surface area contributed by atoms with E-state index < -0.39 is 27.8 Å². The van der Waals surface area contributed by atoms with Gasteiger partial charge in [-0.3, -0.25) is 14.0 Å². The number of nitrogens with zero attached hydrogens (tertiary/aromatic N) is 2. The molecule has 0 aliphatic carbocycles. The minimum Gasteiger partial charge on any atom is -0.379 e. The van der Waals surface area contributed by atoms with Gasteiger partial charge in [-0.25, -0.2) is 12.8 Å². The van der Waals surface area contributed by atoms with Gasteiger partial charge < -0.3 is 10.1 Å². The van der Waals surface area contributed by atoms with Gasteiger partial charge in [0.1, 0.15) is 11.9 Å². The predicted molar refractivity (Wildman–Crippen MR) is 122 cm³/mol. The van der Waals surface area contributed by atoms with Crippen LogP contribution in [0.1, 0.15) is 12.5 Å². The van der Waals surface area contributed by atoms with Gasteiger partial charge in [0.25, 0.3) is 10.0 Å². The van der Waals surface area contributed by atoms with E-state index in [1.54, 1.807) is 12.1 Å². The molecule has 2 aromatic rings. The van der Waals surface area contributed by atoms with Crippen molar-refractivity contribution in [2.75, 3.05) is 43.7 Å². The van der Waals surface area contributed by atoms with Crippen molar-refractivity contribution in [2.45, 2.75) is 24.8 Å². The highest BCUT2D eigenvalue weighted by Crippen LogP contribution is 2.31. The molecule has 0 spiro atoms. The van der Waals surface area contributed by atoms with E-state index in [0.29, 0.717) is 26.3 Å². The van der Waals surface area contributed by atoms with Crippen molar-refractivity contribution < 1.29 is 22.3 Å². The van der Waals surface area contributed by atoms with Crippen molar-refractivity contribution in [3.63, 3.8) is 0 Å². The second kappa shape index (κ2) is 10.6. The number of benzene rings is 2. The lowest BCUT2D eigenvalue weighted by atomic mass is 10.2. The Hall–Kier alpha value is -2.20. The van der Waals surface area contributed by atoms with Gasteiger partial charge in [-0.1, -0.05) is 29.3 Å². The molecule has 32 heavy (non-hydrogen) atoms. The van der Waals surface area contributed by atoms with Crippen LogP contribution in [0.4, 0.5) is 10.1 Å². The van der Waals surface area contributed by atoms with Gasteiger partial charge in [0.2, 0.25) is 5.91 Å². The molecule has 0 aromatic heterocycles. The van der Waals surface area contributed by atoms with Gasteiger partial charge in [0.05, 0.1) is 23.8 Å². The number of rotatable bonds is 8. The van der Waals surface area contributed by atoms with Crippen molar-refractivity contribution in [1.29, 1.82) is 0 Å². The Labute approximate surface area is 193 Å². The fraction of sp³-hybridized carbons (Fsp3) is 0.409. The highest BCUT2D eigenvalue weighted by molar-refractivity contribution is 7.93. The van der Waals surface area contributed by atoms with E-state index in [2.05, 4.69) is 10.2 Å². The Bertz CT molecular complexity index is 1040. The van der Waals surface area contributed by atoms with Crippen LogP contribution in [0.5, 0.6) is 0 Å². The normalized spacial score (nSPS) is 15.9. The summed E-state index contributed by atoms with van der Waals surface area (Å²) in [6.45, 7) is 7.02. The maximum absolute atomic E-state index is 14.7. The Morgan fingerprint density at radius 3 is 2.53 bits per heavy atom. The molecule has 1 unspecified atom stereocenters. The summed E-state index contributed by atoms with van der Waals surface area (Å²) < 4.78 is 47.8. The van der Waals surface area contributed by atoms with Gasteiger partial charge >= 0.3 is 0 Å². The van der Waals surface area contributed by atoms with E-state index in [0.717, 1.165) is 29.0 Å². The Kier molecular flexibility index (Phi) is 8.10. The largest absolute Gasteiger partial charge is 0.379 e. The third-order valence-corrected chi connectivity index (χ3v) is 7.42. The standard InChI is InChI=1S/C22H27ClFN3O4S/c1-16-3-6-19(7-4-16)32(29,30)27(21-15-18(23)5-8-20(21)24)17(2)22(28)25-9-10-26-11-13-31-14-12-26/h3-8,15,17H,9-14H2,1-2H3,(H,25,28). The van der Waals surface area contributed by atoms with Crippen molar-refractivity contribution in [3.8, 4) is 0 Å². The second-order valence-corrected chi connectivity index (χ2v) is 9.88. The molecule has 1 heterocycles. The summed E-state index contributed by atoms with van der Waals surface area (Å²) in [5.74, 6) is -1.33. The monoisotopic (exact) mass is 483 g/mol. The highest BCUT2D eigenvalue weighted by Gasteiger charge is 2.35. The minimum absolute atomic E-state index is 0.0459. The molecular weight excluding hydrogens is 457 g/mol. The van der Waals surface area contributed by atoms with Crippen molar-refractivity contribution >= 4 is 33.2 Å². The van der Waals surface area contributed by atoms with Crippen LogP contribution in [-0.4, -0.2) is 64.7 Å². The maximum atomic E-state index is 14.7. The first-order valence-corrected chi connectivity index (χ1v) is 12.2. The fourth-order valence-electron chi connectivity index (χ4n) is 3.44. The molecule has 1 saturated heterocycles. The third kappa shape index (κ3) is 5.78. The lowest BCUT2D eigenvalue weighted by Gasteiger charge is -2.31. The first-order valence-electron chi connectivity index (χ1n) is 10.3. The lowest BCUT2D eigenvalue weighted by molar-refractivity contribution is -0.121. The molecule has 0 saturated carbocycles. The van der Waals surface area contributed by atoms with Crippen molar-refractivity contribution in [2.24, 2.45) is 0 Å². The number of sulfonamides is 1. The number of carbonyl (C=O) groups excluding carboxylic acids is 1. The summed E-state index contributed by atoms with van der Waals surface area (Å²) in [5.41, 5.74) is 0.590. The van der Waals surface area contributed by atoms with Gasteiger partial charge in [0.15, 0.2) is 0 Å². The summed E-state index contributed by atoms with van der Waals surface area (Å²) in [5, 5.41) is 2.92. The molecule has 1 N–H and O–H groups in total. The van der Waals surface area contributed by atoms with E-state index in [4.69, 9.17) is 16.3 Å². The minimum atomic E-state index is -4.25. The summed E-state index contributed by atoms with van der Waals surface area (Å²) in [6, 6.07) is 8.56. The summed E-state index contributed by atoms with van der Waals surface area (Å²) in [4.78, 5) is 15.0. The first kappa shape index (κ1) is 24.4. The maximum Gasteiger partial charge on any atom is 0.265 e. The molecule has 1 aliphatic heterocycles. The summed E-state index contributed by atoms with van der Waals surface area (Å²) in [6.07, 6.45) is 0. The molecule has 3 rings (SSSR count). The molecule has 1 fully saturated rings. The van der Waals surface area contributed by atoms with Crippen LogP contribution in [0.15, 0.2) is 47.4 Å². The van der Waals surface area contributed by atoms with Crippen LogP contribution in [0, 0.1) is 12.7 Å². The number of halogens is 2. The molecule has 7 nitrogen and oxygen atoms in total. The number of morpholine rings is 1. The van der Waals surface area contributed by atoms with Crippen molar-refractivity contribution in [3.05, 3.63) is 58.9 Å². The average molecular weight is 484 g/mol. The second-order valence-electron chi connectivity index (χ2n) is 7.63. The van der Waals surface area contributed by atoms with E-state index in [9.17, 15) is 17.6 Å².